The number of nitrogens with one attached hydrogen (secondary N) is 2. The second kappa shape index (κ2) is 5.71. The molecular weight excluding hydrogens is 309 g/mol. The van der Waals surface area contributed by atoms with Gasteiger partial charge < -0.3 is 5.32 Å². The summed E-state index contributed by atoms with van der Waals surface area (Å²) in [7, 11) is 0. The molecule has 0 saturated carbocycles. The van der Waals surface area contributed by atoms with Crippen molar-refractivity contribution in [1.29, 1.82) is 0 Å². The quantitative estimate of drug-likeness (QED) is 0.779. The molecule has 0 fully saturated rings. The van der Waals surface area contributed by atoms with E-state index >= 15 is 0 Å². The number of pyridine rings is 1. The molecule has 3 aromatic rings. The maximum absolute atomic E-state index is 12.5. The van der Waals surface area contributed by atoms with Crippen LogP contribution in [0, 0.1) is 0 Å². The van der Waals surface area contributed by atoms with Crippen molar-refractivity contribution in [3.8, 4) is 0 Å². The molecule has 0 spiro atoms. The largest absolute Gasteiger partial charge is 0.416 e. The highest BCUT2D eigenvalue weighted by Crippen LogP contribution is 2.29. The van der Waals surface area contributed by atoms with Crippen LogP contribution in [-0.2, 0) is 12.7 Å². The summed E-state index contributed by atoms with van der Waals surface area (Å²) >= 11 is 0. The maximum atomic E-state index is 12.5. The molecule has 0 saturated heterocycles. The predicted octanol–water partition coefficient (Wildman–Crippen LogP) is 2.91. The molecule has 5 nitrogen and oxygen atoms in total. The van der Waals surface area contributed by atoms with Crippen molar-refractivity contribution in [2.45, 2.75) is 12.7 Å². The molecule has 2 N–H and O–H groups in total. The van der Waals surface area contributed by atoms with Crippen LogP contribution in [0.25, 0.3) is 11.0 Å². The zero-order valence-corrected chi connectivity index (χ0v) is 11.7. The van der Waals surface area contributed by atoms with Gasteiger partial charge in [-0.05, 0) is 23.8 Å². The smallest absolute Gasteiger partial charge is 0.348 e. The number of alkyl halides is 3. The van der Waals surface area contributed by atoms with Gasteiger partial charge in [0.2, 0.25) is 0 Å². The first kappa shape index (κ1) is 15.0. The van der Waals surface area contributed by atoms with Crippen molar-refractivity contribution in [1.82, 2.24) is 20.5 Å². The zero-order chi connectivity index (χ0) is 16.4. The number of carbonyl (C=O) groups excluding carboxylic acids is 1. The Morgan fingerprint density at radius 2 is 1.91 bits per heavy atom. The molecule has 118 valence electrons. The third kappa shape index (κ3) is 3.31. The van der Waals surface area contributed by atoms with E-state index in [1.54, 1.807) is 12.3 Å². The monoisotopic (exact) mass is 320 g/mol. The molecular formula is C15H11F3N4O. The molecule has 0 aliphatic rings. The molecule has 8 heteroatoms. The van der Waals surface area contributed by atoms with E-state index in [0.29, 0.717) is 22.2 Å². The fourth-order valence-electron chi connectivity index (χ4n) is 2.06. The summed E-state index contributed by atoms with van der Waals surface area (Å²) in [5.41, 5.74) is 0.779. The number of hydrogen-bond acceptors (Lipinski definition) is 3. The SMILES string of the molecule is O=C(NCc1ccc(C(F)(F)F)cc1)c1cnc2[nH]ncc2c1. The van der Waals surface area contributed by atoms with Crippen molar-refractivity contribution in [2.24, 2.45) is 0 Å². The highest BCUT2D eigenvalue weighted by molar-refractivity contribution is 5.96. The van der Waals surface area contributed by atoms with Crippen LogP contribution < -0.4 is 5.32 Å². The van der Waals surface area contributed by atoms with Gasteiger partial charge in [0.05, 0.1) is 17.3 Å². The number of aromatic nitrogens is 3. The van der Waals surface area contributed by atoms with Gasteiger partial charge in [-0.25, -0.2) is 4.98 Å². The number of amides is 1. The number of fused-ring (bicyclic) bond motifs is 1. The summed E-state index contributed by atoms with van der Waals surface area (Å²) in [6.07, 6.45) is -1.41. The Morgan fingerprint density at radius 1 is 1.17 bits per heavy atom. The van der Waals surface area contributed by atoms with E-state index in [9.17, 15) is 18.0 Å². The number of nitrogens with zero attached hydrogens (tertiary/aromatic N) is 2. The van der Waals surface area contributed by atoms with Crippen molar-refractivity contribution in [3.63, 3.8) is 0 Å². The number of benzene rings is 1. The van der Waals surface area contributed by atoms with Gasteiger partial charge in [0, 0.05) is 18.1 Å². The van der Waals surface area contributed by atoms with Gasteiger partial charge in [-0.2, -0.15) is 18.3 Å². The van der Waals surface area contributed by atoms with Crippen LogP contribution in [0.2, 0.25) is 0 Å². The second-order valence-electron chi connectivity index (χ2n) is 4.91. The number of carbonyl (C=O) groups is 1. The van der Waals surface area contributed by atoms with Gasteiger partial charge in [-0.15, -0.1) is 0 Å². The molecule has 0 bridgehead atoms. The van der Waals surface area contributed by atoms with Crippen molar-refractivity contribution < 1.29 is 18.0 Å². The minimum Gasteiger partial charge on any atom is -0.348 e. The van der Waals surface area contributed by atoms with Gasteiger partial charge >= 0.3 is 6.18 Å². The van der Waals surface area contributed by atoms with Gasteiger partial charge in [0.25, 0.3) is 5.91 Å². The van der Waals surface area contributed by atoms with Gasteiger partial charge in [-0.1, -0.05) is 12.1 Å². The lowest BCUT2D eigenvalue weighted by molar-refractivity contribution is -0.137. The van der Waals surface area contributed by atoms with Crippen molar-refractivity contribution >= 4 is 16.9 Å². The standard InChI is InChI=1S/C15H11F3N4O/c16-15(17,18)12-3-1-9(2-4-12)6-20-14(23)11-5-10-8-21-22-13(10)19-7-11/h1-5,7-8H,6H2,(H,20,23)(H,19,21,22). The minimum atomic E-state index is -4.37. The molecule has 0 radical (unpaired) electrons. The Labute approximate surface area is 128 Å². The Balaban J connectivity index is 1.66. The third-order valence-corrected chi connectivity index (χ3v) is 3.29. The summed E-state index contributed by atoms with van der Waals surface area (Å²) < 4.78 is 37.4. The van der Waals surface area contributed by atoms with Gasteiger partial charge in [-0.3, -0.25) is 9.89 Å². The van der Waals surface area contributed by atoms with Crippen LogP contribution in [0.3, 0.4) is 0 Å². The average molecular weight is 320 g/mol. The Bertz CT molecular complexity index is 840. The van der Waals surface area contributed by atoms with E-state index in [2.05, 4.69) is 20.5 Å². The number of halogens is 3. The highest BCUT2D eigenvalue weighted by Gasteiger charge is 2.29. The fourth-order valence-corrected chi connectivity index (χ4v) is 2.06. The molecule has 0 aliphatic carbocycles. The van der Waals surface area contributed by atoms with Crippen LogP contribution >= 0.6 is 0 Å². The lowest BCUT2D eigenvalue weighted by Crippen LogP contribution is -2.23. The van der Waals surface area contributed by atoms with Gasteiger partial charge in [0.1, 0.15) is 0 Å². The Morgan fingerprint density at radius 3 is 2.61 bits per heavy atom. The summed E-state index contributed by atoms with van der Waals surface area (Å²) in [6.45, 7) is 0.125. The normalized spacial score (nSPS) is 11.6. The average Bonchev–Trinajstić information content (AvgIpc) is 2.99. The minimum absolute atomic E-state index is 0.125. The van der Waals surface area contributed by atoms with E-state index < -0.39 is 11.7 Å². The Hall–Kier alpha value is -2.90. The number of hydrogen-bond donors (Lipinski definition) is 2. The third-order valence-electron chi connectivity index (χ3n) is 3.29. The summed E-state index contributed by atoms with van der Waals surface area (Å²) in [6, 6.07) is 6.27. The maximum Gasteiger partial charge on any atom is 0.416 e. The number of H-pyrrole nitrogens is 1. The van der Waals surface area contributed by atoms with E-state index in [1.165, 1.54) is 18.3 Å². The number of rotatable bonds is 3. The first-order valence-corrected chi connectivity index (χ1v) is 6.67. The first-order chi connectivity index (χ1) is 10.9. The van der Waals surface area contributed by atoms with E-state index in [0.717, 1.165) is 12.1 Å². The predicted molar refractivity (Wildman–Crippen MR) is 76.5 cm³/mol. The Kier molecular flexibility index (Phi) is 3.73. The second-order valence-corrected chi connectivity index (χ2v) is 4.91. The van der Waals surface area contributed by atoms with Crippen molar-refractivity contribution in [3.05, 3.63) is 59.4 Å². The van der Waals surface area contributed by atoms with E-state index in [-0.39, 0.29) is 12.5 Å². The lowest BCUT2D eigenvalue weighted by atomic mass is 10.1. The van der Waals surface area contributed by atoms with Crippen LogP contribution in [0.15, 0.2) is 42.7 Å². The van der Waals surface area contributed by atoms with Gasteiger partial charge in [0.15, 0.2) is 5.65 Å². The summed E-state index contributed by atoms with van der Waals surface area (Å²) in [5, 5.41) is 9.83. The molecule has 2 heterocycles. The van der Waals surface area contributed by atoms with Crippen LogP contribution in [-0.4, -0.2) is 21.1 Å². The molecule has 2 aromatic heterocycles. The lowest BCUT2D eigenvalue weighted by Gasteiger charge is -2.08. The molecule has 1 aromatic carbocycles. The molecule has 1 amide bonds. The first-order valence-electron chi connectivity index (χ1n) is 6.67. The fraction of sp³-hybridized carbons (Fsp3) is 0.133. The number of aromatic amines is 1. The topological polar surface area (TPSA) is 70.7 Å². The van der Waals surface area contributed by atoms with Crippen LogP contribution in [0.4, 0.5) is 13.2 Å². The molecule has 0 unspecified atom stereocenters. The van der Waals surface area contributed by atoms with Crippen LogP contribution in [0.1, 0.15) is 21.5 Å². The van der Waals surface area contributed by atoms with Crippen LogP contribution in [0.5, 0.6) is 0 Å². The highest BCUT2D eigenvalue weighted by atomic mass is 19.4. The molecule has 0 aliphatic heterocycles. The zero-order valence-electron chi connectivity index (χ0n) is 11.7. The summed E-state index contributed by atoms with van der Waals surface area (Å²) in [4.78, 5) is 16.1. The summed E-state index contributed by atoms with van der Waals surface area (Å²) in [5.74, 6) is -0.361. The molecule has 0 atom stereocenters. The van der Waals surface area contributed by atoms with Crippen molar-refractivity contribution in [2.75, 3.05) is 0 Å². The van der Waals surface area contributed by atoms with E-state index in [4.69, 9.17) is 0 Å². The molecule has 3 rings (SSSR count). The van der Waals surface area contributed by atoms with E-state index in [1.807, 2.05) is 0 Å². The molecule has 23 heavy (non-hydrogen) atoms.